The van der Waals surface area contributed by atoms with Gasteiger partial charge in [-0.3, -0.25) is 0 Å². The van der Waals surface area contributed by atoms with E-state index in [1.165, 1.54) is 6.26 Å². The molecule has 1 aromatic heterocycles. The van der Waals surface area contributed by atoms with E-state index in [9.17, 15) is 8.42 Å². The molecule has 0 radical (unpaired) electrons. The number of hydrogen-bond donors (Lipinski definition) is 1. The van der Waals surface area contributed by atoms with Crippen LogP contribution >= 0.6 is 0 Å². The summed E-state index contributed by atoms with van der Waals surface area (Å²) in [5, 5.41) is 3.22. The van der Waals surface area contributed by atoms with Crippen molar-refractivity contribution < 1.29 is 8.42 Å². The Hall–Kier alpha value is -1.17. The first-order valence-electron chi connectivity index (χ1n) is 7.62. The monoisotopic (exact) mass is 311 g/mol. The molecule has 21 heavy (non-hydrogen) atoms. The average molecular weight is 311 g/mol. The highest BCUT2D eigenvalue weighted by Gasteiger charge is 2.27. The largest absolute Gasteiger partial charge is 0.370 e. The second kappa shape index (κ2) is 6.73. The number of nitrogens with one attached hydrogen (secondary N) is 1. The van der Waals surface area contributed by atoms with Crippen LogP contribution in [0.1, 0.15) is 51.3 Å². The van der Waals surface area contributed by atoms with E-state index in [2.05, 4.69) is 29.1 Å². The van der Waals surface area contributed by atoms with Crippen molar-refractivity contribution in [3.8, 4) is 0 Å². The lowest BCUT2D eigenvalue weighted by atomic mass is 9.89. The van der Waals surface area contributed by atoms with Gasteiger partial charge in [-0.05, 0) is 37.7 Å². The van der Waals surface area contributed by atoms with Crippen molar-refractivity contribution in [2.24, 2.45) is 5.92 Å². The number of aromatic nitrogens is 2. The van der Waals surface area contributed by atoms with Crippen LogP contribution < -0.4 is 5.32 Å². The van der Waals surface area contributed by atoms with Gasteiger partial charge in [-0.15, -0.1) is 0 Å². The maximum atomic E-state index is 11.5. The van der Waals surface area contributed by atoms with Crippen LogP contribution in [-0.4, -0.2) is 36.4 Å². The fraction of sp³-hybridized carbons (Fsp3) is 0.733. The number of rotatable bonds is 5. The van der Waals surface area contributed by atoms with E-state index in [0.29, 0.717) is 11.8 Å². The molecule has 1 saturated carbocycles. The molecular formula is C15H25N3O2S. The Morgan fingerprint density at radius 2 is 1.95 bits per heavy atom. The highest BCUT2D eigenvalue weighted by atomic mass is 32.2. The molecule has 1 aromatic rings. The van der Waals surface area contributed by atoms with E-state index < -0.39 is 9.84 Å². The Morgan fingerprint density at radius 3 is 2.52 bits per heavy atom. The van der Waals surface area contributed by atoms with Crippen molar-refractivity contribution in [3.63, 3.8) is 0 Å². The van der Waals surface area contributed by atoms with Gasteiger partial charge in [-0.25, -0.2) is 18.4 Å². The minimum Gasteiger partial charge on any atom is -0.370 e. The van der Waals surface area contributed by atoms with Crippen molar-refractivity contribution in [3.05, 3.63) is 18.1 Å². The molecule has 1 N–H and O–H groups in total. The molecule has 0 aliphatic heterocycles. The Kier molecular flexibility index (Phi) is 5.19. The molecule has 5 nitrogen and oxygen atoms in total. The minimum atomic E-state index is -2.87. The van der Waals surface area contributed by atoms with Crippen molar-refractivity contribution in [2.45, 2.75) is 50.7 Å². The van der Waals surface area contributed by atoms with Crippen LogP contribution in [-0.2, 0) is 9.84 Å². The molecular weight excluding hydrogens is 286 g/mol. The molecule has 2 rings (SSSR count). The second-order valence-corrected chi connectivity index (χ2v) is 8.63. The third-order valence-corrected chi connectivity index (χ3v) is 5.84. The van der Waals surface area contributed by atoms with Crippen molar-refractivity contribution >= 4 is 15.7 Å². The average Bonchev–Trinajstić information content (AvgIpc) is 2.45. The van der Waals surface area contributed by atoms with E-state index in [1.54, 1.807) is 6.20 Å². The highest BCUT2D eigenvalue weighted by molar-refractivity contribution is 7.91. The topological polar surface area (TPSA) is 72.0 Å². The molecule has 1 aliphatic carbocycles. The Morgan fingerprint density at radius 1 is 1.29 bits per heavy atom. The van der Waals surface area contributed by atoms with Gasteiger partial charge in [0.1, 0.15) is 21.5 Å². The maximum absolute atomic E-state index is 11.5. The van der Waals surface area contributed by atoms with Crippen LogP contribution in [0.3, 0.4) is 0 Å². The maximum Gasteiger partial charge on any atom is 0.150 e. The lowest BCUT2D eigenvalue weighted by Crippen LogP contribution is -2.29. The third-order valence-electron chi connectivity index (χ3n) is 4.16. The number of nitrogens with zero attached hydrogens (tertiary/aromatic N) is 2. The van der Waals surface area contributed by atoms with Crippen LogP contribution in [0.2, 0.25) is 0 Å². The van der Waals surface area contributed by atoms with E-state index in [0.717, 1.165) is 43.9 Å². The smallest absolute Gasteiger partial charge is 0.150 e. The molecule has 6 heteroatoms. The summed E-state index contributed by atoms with van der Waals surface area (Å²) < 4.78 is 23.1. The number of hydrogen-bond acceptors (Lipinski definition) is 5. The quantitative estimate of drug-likeness (QED) is 0.905. The van der Waals surface area contributed by atoms with Gasteiger partial charge >= 0.3 is 0 Å². The molecule has 0 unspecified atom stereocenters. The summed E-state index contributed by atoms with van der Waals surface area (Å²) in [6, 6.07) is 1.88. The zero-order valence-electron chi connectivity index (χ0n) is 13.0. The van der Waals surface area contributed by atoms with Gasteiger partial charge in [-0.2, -0.15) is 0 Å². The molecule has 1 fully saturated rings. The zero-order valence-corrected chi connectivity index (χ0v) is 13.9. The van der Waals surface area contributed by atoms with Crippen molar-refractivity contribution in [1.29, 1.82) is 0 Å². The van der Waals surface area contributed by atoms with Crippen LogP contribution in [0.4, 0.5) is 5.82 Å². The van der Waals surface area contributed by atoms with Crippen molar-refractivity contribution in [2.75, 3.05) is 18.1 Å². The normalized spacial score (nSPS) is 23.2. The molecule has 0 atom stereocenters. The lowest BCUT2D eigenvalue weighted by molar-refractivity contribution is 0.372. The highest BCUT2D eigenvalue weighted by Crippen LogP contribution is 2.28. The Bertz CT molecular complexity index is 564. The zero-order chi connectivity index (χ0) is 15.5. The molecule has 1 aliphatic rings. The lowest BCUT2D eigenvalue weighted by Gasteiger charge is -2.27. The van der Waals surface area contributed by atoms with Gasteiger partial charge in [0.2, 0.25) is 0 Å². The van der Waals surface area contributed by atoms with Gasteiger partial charge in [-0.1, -0.05) is 13.8 Å². The Labute approximate surface area is 127 Å². The van der Waals surface area contributed by atoms with Gasteiger partial charge in [0.25, 0.3) is 0 Å². The van der Waals surface area contributed by atoms with E-state index in [1.807, 2.05) is 6.07 Å². The molecule has 1 heterocycles. The SMILES string of the molecule is CC(C)c1nccc(NCC2CCC(S(C)(=O)=O)CC2)n1. The summed E-state index contributed by atoms with van der Waals surface area (Å²) in [7, 11) is -2.87. The van der Waals surface area contributed by atoms with Crippen molar-refractivity contribution in [1.82, 2.24) is 9.97 Å². The van der Waals surface area contributed by atoms with Crippen LogP contribution in [0.15, 0.2) is 12.3 Å². The third kappa shape index (κ3) is 4.66. The first kappa shape index (κ1) is 16.2. The first-order valence-corrected chi connectivity index (χ1v) is 9.57. The second-order valence-electron chi connectivity index (χ2n) is 6.31. The van der Waals surface area contributed by atoms with Crippen LogP contribution in [0.25, 0.3) is 0 Å². The van der Waals surface area contributed by atoms with Gasteiger partial charge in [0.05, 0.1) is 5.25 Å². The Balaban J connectivity index is 1.84. The van der Waals surface area contributed by atoms with Gasteiger partial charge in [0.15, 0.2) is 0 Å². The first-order chi connectivity index (χ1) is 9.86. The fourth-order valence-corrected chi connectivity index (χ4v) is 3.89. The van der Waals surface area contributed by atoms with Crippen LogP contribution in [0, 0.1) is 5.92 Å². The summed E-state index contributed by atoms with van der Waals surface area (Å²) in [6.45, 7) is 5.00. The van der Waals surface area contributed by atoms with Crippen LogP contribution in [0.5, 0.6) is 0 Å². The fourth-order valence-electron chi connectivity index (χ4n) is 2.76. The van der Waals surface area contributed by atoms with E-state index in [-0.39, 0.29) is 5.25 Å². The van der Waals surface area contributed by atoms with Gasteiger partial charge in [0, 0.05) is 24.9 Å². The molecule has 0 bridgehead atoms. The standard InChI is InChI=1S/C15H25N3O2S/c1-11(2)15-16-9-8-14(18-15)17-10-12-4-6-13(7-5-12)21(3,19)20/h8-9,11-13H,4-7,10H2,1-3H3,(H,16,17,18). The summed E-state index contributed by atoms with van der Waals surface area (Å²) in [6.07, 6.45) is 6.63. The predicted octanol–water partition coefficient (Wildman–Crippen LogP) is 2.62. The summed E-state index contributed by atoms with van der Waals surface area (Å²) in [5.74, 6) is 2.55. The number of anilines is 1. The van der Waals surface area contributed by atoms with Gasteiger partial charge < -0.3 is 5.32 Å². The predicted molar refractivity (Wildman–Crippen MR) is 85.2 cm³/mol. The van der Waals surface area contributed by atoms with E-state index in [4.69, 9.17) is 0 Å². The summed E-state index contributed by atoms with van der Waals surface area (Å²) in [5.41, 5.74) is 0. The molecule has 0 spiro atoms. The molecule has 0 aromatic carbocycles. The molecule has 0 amide bonds. The summed E-state index contributed by atoms with van der Waals surface area (Å²) in [4.78, 5) is 8.75. The molecule has 118 valence electrons. The van der Waals surface area contributed by atoms with E-state index >= 15 is 0 Å². The minimum absolute atomic E-state index is 0.139. The molecule has 0 saturated heterocycles. The number of sulfone groups is 1. The summed E-state index contributed by atoms with van der Waals surface area (Å²) >= 11 is 0.